The molecule has 1 atom stereocenters. The van der Waals surface area contributed by atoms with Gasteiger partial charge in [-0.15, -0.1) is 0 Å². The van der Waals surface area contributed by atoms with Crippen molar-refractivity contribution in [2.45, 2.75) is 39.3 Å². The number of amides is 1. The van der Waals surface area contributed by atoms with Crippen molar-refractivity contribution in [1.82, 2.24) is 34.4 Å². The summed E-state index contributed by atoms with van der Waals surface area (Å²) in [7, 11) is 0. The highest BCUT2D eigenvalue weighted by molar-refractivity contribution is 6.32. The number of halogens is 2. The van der Waals surface area contributed by atoms with Crippen LogP contribution in [0.3, 0.4) is 0 Å². The van der Waals surface area contributed by atoms with Crippen molar-refractivity contribution >= 4 is 51.7 Å². The highest BCUT2D eigenvalue weighted by Crippen LogP contribution is 2.37. The Hall–Kier alpha value is -4.78. The van der Waals surface area contributed by atoms with E-state index in [0.29, 0.717) is 53.7 Å². The number of ether oxygens (including phenoxy) is 2. The zero-order chi connectivity index (χ0) is 30.3. The van der Waals surface area contributed by atoms with E-state index in [1.54, 1.807) is 33.8 Å². The van der Waals surface area contributed by atoms with Crippen LogP contribution in [0.5, 0.6) is 11.5 Å². The highest BCUT2D eigenvalue weighted by Gasteiger charge is 2.31. The Balaban J connectivity index is 1.21. The fourth-order valence-electron chi connectivity index (χ4n) is 4.78. The second-order valence-electron chi connectivity index (χ2n) is 11.1. The van der Waals surface area contributed by atoms with Gasteiger partial charge in [0, 0.05) is 37.9 Å². The molecule has 1 N–H and O–H groups in total. The van der Waals surface area contributed by atoms with Gasteiger partial charge >= 0.3 is 6.09 Å². The van der Waals surface area contributed by atoms with E-state index in [-0.39, 0.29) is 28.6 Å². The molecule has 5 heterocycles. The number of fused-ring (bicyclic) bond motifs is 2. The number of carbonyl (C=O) groups excluding carboxylic acids is 1. The van der Waals surface area contributed by atoms with Gasteiger partial charge in [0.2, 0.25) is 0 Å². The Bertz CT molecular complexity index is 1830. The first-order chi connectivity index (χ1) is 20.6. The molecule has 1 aliphatic rings. The molecular weight excluding hydrogens is 577 g/mol. The van der Waals surface area contributed by atoms with Crippen LogP contribution in [-0.4, -0.2) is 71.8 Å². The van der Waals surface area contributed by atoms with Gasteiger partial charge in [0.1, 0.15) is 46.1 Å². The molecule has 14 heteroatoms. The van der Waals surface area contributed by atoms with E-state index in [1.165, 1.54) is 18.7 Å². The summed E-state index contributed by atoms with van der Waals surface area (Å²) < 4.78 is 28.4. The van der Waals surface area contributed by atoms with Crippen LogP contribution in [0.1, 0.15) is 27.7 Å². The Kier molecular flexibility index (Phi) is 7.34. The summed E-state index contributed by atoms with van der Waals surface area (Å²) in [5, 5.41) is 6.86. The number of carbonyl (C=O) groups is 1. The van der Waals surface area contributed by atoms with Crippen molar-refractivity contribution in [3.8, 4) is 11.5 Å². The van der Waals surface area contributed by atoms with Crippen molar-refractivity contribution in [2.75, 3.05) is 29.9 Å². The molecule has 43 heavy (non-hydrogen) atoms. The number of piperazine rings is 1. The Labute approximate surface area is 251 Å². The monoisotopic (exact) mass is 605 g/mol. The molecule has 0 aliphatic carbocycles. The quantitative estimate of drug-likeness (QED) is 0.261. The van der Waals surface area contributed by atoms with Gasteiger partial charge in [0.25, 0.3) is 0 Å². The molecule has 12 nitrogen and oxygen atoms in total. The van der Waals surface area contributed by atoms with Gasteiger partial charge in [-0.25, -0.2) is 33.6 Å². The summed E-state index contributed by atoms with van der Waals surface area (Å²) in [5.41, 5.74) is 1.14. The van der Waals surface area contributed by atoms with E-state index in [1.807, 2.05) is 39.8 Å². The van der Waals surface area contributed by atoms with Gasteiger partial charge in [-0.3, -0.25) is 0 Å². The number of nitrogens with zero attached hydrogens (tertiary/aromatic N) is 8. The molecule has 0 radical (unpaired) electrons. The Morgan fingerprint density at radius 2 is 1.93 bits per heavy atom. The highest BCUT2D eigenvalue weighted by atomic mass is 35.5. The number of aromatic nitrogens is 6. The van der Waals surface area contributed by atoms with Crippen molar-refractivity contribution in [3.05, 3.63) is 66.1 Å². The first-order valence-corrected chi connectivity index (χ1v) is 14.0. The van der Waals surface area contributed by atoms with E-state index < -0.39 is 11.4 Å². The summed E-state index contributed by atoms with van der Waals surface area (Å²) in [6.45, 7) is 9.13. The van der Waals surface area contributed by atoms with Crippen LogP contribution in [0, 0.1) is 5.82 Å². The maximum absolute atomic E-state index is 15.5. The predicted octanol–water partition coefficient (Wildman–Crippen LogP) is 5.84. The zero-order valence-corrected chi connectivity index (χ0v) is 24.7. The molecule has 222 valence electrons. The number of benzene rings is 1. The number of nitrogens with one attached hydrogen (secondary N) is 1. The summed E-state index contributed by atoms with van der Waals surface area (Å²) in [5.74, 6) is 0.863. The third kappa shape index (κ3) is 5.93. The van der Waals surface area contributed by atoms with Gasteiger partial charge < -0.3 is 24.6 Å². The van der Waals surface area contributed by atoms with Crippen LogP contribution < -0.4 is 15.0 Å². The van der Waals surface area contributed by atoms with Gasteiger partial charge in [-0.2, -0.15) is 5.10 Å². The summed E-state index contributed by atoms with van der Waals surface area (Å²) in [4.78, 5) is 34.1. The van der Waals surface area contributed by atoms with E-state index in [0.717, 1.165) is 0 Å². The number of pyridine rings is 2. The molecule has 5 aromatic rings. The SMILES string of the molecule is C[C@@H]1CN(c2ccc3ncnc(Nc4ccc(Oc5ccn6ncnc6c5)c(Cl)c4F)c3n2)CCN1C(=O)OC(C)(C)C. The van der Waals surface area contributed by atoms with E-state index >= 15 is 4.39 Å². The van der Waals surface area contributed by atoms with Gasteiger partial charge in [0.15, 0.2) is 17.3 Å². The van der Waals surface area contributed by atoms with Gasteiger partial charge in [-0.05, 0) is 58.0 Å². The topological polar surface area (TPSA) is 123 Å². The minimum Gasteiger partial charge on any atom is -0.455 e. The number of rotatable bonds is 5. The number of anilines is 3. The first-order valence-electron chi connectivity index (χ1n) is 13.6. The molecule has 6 rings (SSSR count). The molecule has 1 aliphatic heterocycles. The van der Waals surface area contributed by atoms with Crippen molar-refractivity contribution in [1.29, 1.82) is 0 Å². The summed E-state index contributed by atoms with van der Waals surface area (Å²) >= 11 is 6.37. The van der Waals surface area contributed by atoms with Crippen LogP contribution in [-0.2, 0) is 4.74 Å². The Morgan fingerprint density at radius 1 is 1.09 bits per heavy atom. The fraction of sp³-hybridized carbons (Fsp3) is 0.310. The number of hydrogen-bond acceptors (Lipinski definition) is 10. The first kappa shape index (κ1) is 28.3. The number of hydrogen-bond donors (Lipinski definition) is 1. The molecule has 0 unspecified atom stereocenters. The third-order valence-electron chi connectivity index (χ3n) is 6.83. The molecule has 0 saturated carbocycles. The molecule has 4 aromatic heterocycles. The van der Waals surface area contributed by atoms with Crippen molar-refractivity contribution in [3.63, 3.8) is 0 Å². The predicted molar refractivity (Wildman–Crippen MR) is 160 cm³/mol. The van der Waals surface area contributed by atoms with Gasteiger partial charge in [0.05, 0.1) is 11.2 Å². The average molecular weight is 606 g/mol. The summed E-state index contributed by atoms with van der Waals surface area (Å²) in [6, 6.07) is 10.0. The average Bonchev–Trinajstić information content (AvgIpc) is 3.44. The largest absolute Gasteiger partial charge is 0.455 e. The second-order valence-corrected chi connectivity index (χ2v) is 11.5. The lowest BCUT2D eigenvalue weighted by atomic mass is 10.2. The third-order valence-corrected chi connectivity index (χ3v) is 7.18. The summed E-state index contributed by atoms with van der Waals surface area (Å²) in [6.07, 6.45) is 4.15. The molecule has 1 fully saturated rings. The molecule has 1 amide bonds. The lowest BCUT2D eigenvalue weighted by molar-refractivity contribution is 0.0158. The molecular formula is C29H29ClFN9O3. The lowest BCUT2D eigenvalue weighted by Gasteiger charge is -2.40. The maximum atomic E-state index is 15.5. The smallest absolute Gasteiger partial charge is 0.410 e. The molecule has 1 saturated heterocycles. The van der Waals surface area contributed by atoms with Crippen LogP contribution in [0.15, 0.2) is 55.2 Å². The van der Waals surface area contributed by atoms with Crippen LogP contribution in [0.4, 0.5) is 26.5 Å². The second kappa shape index (κ2) is 11.1. The van der Waals surface area contributed by atoms with Gasteiger partial charge in [-0.1, -0.05) is 11.6 Å². The minimum absolute atomic E-state index is 0.0945. The normalized spacial score (nSPS) is 15.6. The van der Waals surface area contributed by atoms with Crippen LogP contribution >= 0.6 is 11.6 Å². The minimum atomic E-state index is -0.710. The Morgan fingerprint density at radius 3 is 2.72 bits per heavy atom. The van der Waals surface area contributed by atoms with Crippen molar-refractivity contribution < 1.29 is 18.7 Å². The van der Waals surface area contributed by atoms with Crippen LogP contribution in [0.2, 0.25) is 5.02 Å². The van der Waals surface area contributed by atoms with E-state index in [2.05, 4.69) is 30.3 Å². The standard InChI is InChI=1S/C29H29ClFN9O3/c1-17-14-38(11-12-39(17)28(41)43-29(2,3)4)22-8-6-20-26(37-22)27(34-15-32-20)36-19-5-7-21(24(30)25(19)31)42-18-9-10-40-23(13-18)33-16-35-40/h5-10,13,15-17H,11-12,14H2,1-4H3,(H,32,34,36)/t17-/m1/s1. The lowest BCUT2D eigenvalue weighted by Crippen LogP contribution is -2.55. The molecule has 1 aromatic carbocycles. The molecule has 0 spiro atoms. The van der Waals surface area contributed by atoms with Crippen molar-refractivity contribution in [2.24, 2.45) is 0 Å². The van der Waals surface area contributed by atoms with E-state index in [9.17, 15) is 4.79 Å². The van der Waals surface area contributed by atoms with Crippen LogP contribution in [0.25, 0.3) is 16.7 Å². The zero-order valence-electron chi connectivity index (χ0n) is 24.0. The molecule has 0 bridgehead atoms. The fourth-order valence-corrected chi connectivity index (χ4v) is 4.98. The van der Waals surface area contributed by atoms with E-state index in [4.69, 9.17) is 26.1 Å². The maximum Gasteiger partial charge on any atom is 0.410 e.